The molecule has 0 spiro atoms. The van der Waals surface area contributed by atoms with E-state index < -0.39 is 0 Å². The zero-order valence-electron chi connectivity index (χ0n) is 13.1. The van der Waals surface area contributed by atoms with Gasteiger partial charge in [-0.15, -0.1) is 0 Å². The van der Waals surface area contributed by atoms with Crippen LogP contribution in [0.3, 0.4) is 0 Å². The average Bonchev–Trinajstić information content (AvgIpc) is 2.59. The van der Waals surface area contributed by atoms with Crippen LogP contribution >= 0.6 is 0 Å². The zero-order chi connectivity index (χ0) is 17.2. The summed E-state index contributed by atoms with van der Waals surface area (Å²) < 4.78 is 14.3. The third kappa shape index (κ3) is 12.3. The van der Waals surface area contributed by atoms with Gasteiger partial charge in [0.25, 0.3) is 0 Å². The normalized spacial score (nSPS) is 7.83. The molecule has 2 aromatic rings. The summed E-state index contributed by atoms with van der Waals surface area (Å²) in [5.41, 5.74) is 0. The fourth-order valence-corrected chi connectivity index (χ4v) is 1.25. The van der Waals surface area contributed by atoms with Gasteiger partial charge in [-0.05, 0) is 24.3 Å². The molecule has 0 saturated carbocycles. The van der Waals surface area contributed by atoms with E-state index in [9.17, 15) is 0 Å². The summed E-state index contributed by atoms with van der Waals surface area (Å²) in [7, 11) is 0. The number of benzene rings is 2. The lowest BCUT2D eigenvalue weighted by Gasteiger charge is -2.03. The van der Waals surface area contributed by atoms with Crippen molar-refractivity contribution in [1.29, 1.82) is 0 Å². The van der Waals surface area contributed by atoms with Crippen LogP contribution in [0.4, 0.5) is 0 Å². The lowest BCUT2D eigenvalue weighted by atomic mass is 10.3. The van der Waals surface area contributed by atoms with Crippen molar-refractivity contribution in [3.63, 3.8) is 0 Å². The fraction of sp³-hybridized carbons (Fsp3) is 0. The highest BCUT2D eigenvalue weighted by Crippen LogP contribution is 2.19. The maximum atomic E-state index is 5.58. The van der Waals surface area contributed by atoms with E-state index in [2.05, 4.69) is 35.8 Å². The van der Waals surface area contributed by atoms with Gasteiger partial charge in [0.15, 0.2) is 0 Å². The quantitative estimate of drug-likeness (QED) is 0.607. The smallest absolute Gasteiger partial charge is 0.127 e. The van der Waals surface area contributed by atoms with Gasteiger partial charge in [-0.25, -0.2) is 0 Å². The predicted octanol–water partition coefficient (Wildman–Crippen LogP) is 6.06. The molecule has 3 heteroatoms. The van der Waals surface area contributed by atoms with Crippen molar-refractivity contribution in [2.24, 2.45) is 0 Å². The van der Waals surface area contributed by atoms with Crippen LogP contribution in [-0.4, -0.2) is 0 Å². The molecule has 0 aromatic heterocycles. The molecule has 0 atom stereocenters. The Morgan fingerprint density at radius 2 is 0.826 bits per heavy atom. The number of rotatable bonds is 6. The monoisotopic (exact) mass is 310 g/mol. The maximum Gasteiger partial charge on any atom is 0.127 e. The lowest BCUT2D eigenvalue weighted by Crippen LogP contribution is -1.81. The van der Waals surface area contributed by atoms with E-state index in [4.69, 9.17) is 4.74 Å². The minimum Gasteiger partial charge on any atom is -0.474 e. The molecule has 23 heavy (non-hydrogen) atoms. The third-order valence-electron chi connectivity index (χ3n) is 2.11. The second kappa shape index (κ2) is 15.2. The Bertz CT molecular complexity index is 484. The Morgan fingerprint density at radius 1 is 0.522 bits per heavy atom. The van der Waals surface area contributed by atoms with E-state index in [1.165, 1.54) is 25.0 Å². The van der Waals surface area contributed by atoms with E-state index in [1.807, 2.05) is 60.7 Å². The molecular weight excluding hydrogens is 288 g/mol. The Kier molecular flexibility index (Phi) is 13.1. The molecule has 0 heterocycles. The molecule has 2 rings (SSSR count). The van der Waals surface area contributed by atoms with Crippen LogP contribution in [0.25, 0.3) is 0 Å². The topological polar surface area (TPSA) is 27.7 Å². The van der Waals surface area contributed by atoms with Crippen LogP contribution < -0.4 is 4.74 Å². The van der Waals surface area contributed by atoms with Crippen LogP contribution in [0.1, 0.15) is 0 Å². The van der Waals surface area contributed by atoms with Crippen LogP contribution in [-0.2, 0) is 9.47 Å². The molecule has 0 aliphatic heterocycles. The van der Waals surface area contributed by atoms with E-state index in [-0.39, 0.29) is 0 Å². The van der Waals surface area contributed by atoms with E-state index in [0.29, 0.717) is 0 Å². The Morgan fingerprint density at radius 3 is 1.04 bits per heavy atom. The Balaban J connectivity index is 0.000000406. The molecule has 0 aliphatic rings. The highest BCUT2D eigenvalue weighted by Gasteiger charge is 1.92. The summed E-state index contributed by atoms with van der Waals surface area (Å²) in [6.45, 7) is 13.0. The van der Waals surface area contributed by atoms with Crippen molar-refractivity contribution in [2.75, 3.05) is 0 Å². The maximum absolute atomic E-state index is 5.58. The van der Waals surface area contributed by atoms with Crippen molar-refractivity contribution in [1.82, 2.24) is 0 Å². The molecule has 0 bridgehead atoms. The summed E-state index contributed by atoms with van der Waals surface area (Å²) >= 11 is 0. The van der Waals surface area contributed by atoms with Crippen LogP contribution in [0.2, 0.25) is 0 Å². The number of hydrogen-bond donors (Lipinski definition) is 0. The number of ether oxygens (including phenoxy) is 3. The molecule has 0 radical (unpaired) electrons. The van der Waals surface area contributed by atoms with Gasteiger partial charge in [0.1, 0.15) is 11.5 Å². The highest BCUT2D eigenvalue weighted by atomic mass is 16.5. The van der Waals surface area contributed by atoms with Crippen LogP contribution in [0.15, 0.2) is 112 Å². The molecule has 120 valence electrons. The Labute approximate surface area is 138 Å². The molecule has 2 aromatic carbocycles. The van der Waals surface area contributed by atoms with E-state index in [1.54, 1.807) is 0 Å². The van der Waals surface area contributed by atoms with E-state index in [0.717, 1.165) is 11.5 Å². The molecule has 0 unspecified atom stereocenters. The summed E-state index contributed by atoms with van der Waals surface area (Å²) in [5.74, 6) is 1.74. The minimum atomic E-state index is 0.869. The number of para-hydroxylation sites is 2. The molecular formula is C20H22O3. The van der Waals surface area contributed by atoms with Crippen molar-refractivity contribution < 1.29 is 14.2 Å². The summed E-state index contributed by atoms with van der Waals surface area (Å²) in [6, 6.07) is 19.5. The van der Waals surface area contributed by atoms with Gasteiger partial charge in [0, 0.05) is 0 Å². The second-order valence-electron chi connectivity index (χ2n) is 3.67. The first kappa shape index (κ1) is 19.8. The van der Waals surface area contributed by atoms with Gasteiger partial charge < -0.3 is 14.2 Å². The van der Waals surface area contributed by atoms with Gasteiger partial charge in [-0.3, -0.25) is 0 Å². The van der Waals surface area contributed by atoms with Crippen LogP contribution in [0, 0.1) is 0 Å². The predicted molar refractivity (Wildman–Crippen MR) is 95.9 cm³/mol. The summed E-state index contributed by atoms with van der Waals surface area (Å²) in [6.07, 6.45) is 5.25. The standard InChI is InChI=1S/C12H10O.2C4H6O/c1-3-7-11(8-4-1)13-12-9-5-2-6-10-12;2*1-3-5-4-2/h1-10H;2*3-4H,1-2H2. The Hall–Kier alpha value is -3.20. The van der Waals surface area contributed by atoms with Gasteiger partial charge in [-0.2, -0.15) is 0 Å². The highest BCUT2D eigenvalue weighted by molar-refractivity contribution is 5.30. The zero-order valence-corrected chi connectivity index (χ0v) is 13.1. The first-order valence-corrected chi connectivity index (χ1v) is 6.81. The minimum absolute atomic E-state index is 0.869. The van der Waals surface area contributed by atoms with Gasteiger partial charge in [0.05, 0.1) is 25.0 Å². The number of hydrogen-bond acceptors (Lipinski definition) is 3. The molecule has 3 nitrogen and oxygen atoms in total. The van der Waals surface area contributed by atoms with Gasteiger partial charge in [-0.1, -0.05) is 62.7 Å². The molecule has 0 saturated heterocycles. The summed E-state index contributed by atoms with van der Waals surface area (Å²) in [5, 5.41) is 0. The fourth-order valence-electron chi connectivity index (χ4n) is 1.25. The SMILES string of the molecule is C=COC=C.C=COC=C.c1ccc(Oc2ccccc2)cc1. The van der Waals surface area contributed by atoms with Gasteiger partial charge in [0.2, 0.25) is 0 Å². The summed E-state index contributed by atoms with van der Waals surface area (Å²) in [4.78, 5) is 0. The molecule has 0 fully saturated rings. The third-order valence-corrected chi connectivity index (χ3v) is 2.11. The van der Waals surface area contributed by atoms with Crippen molar-refractivity contribution in [2.45, 2.75) is 0 Å². The first-order valence-electron chi connectivity index (χ1n) is 6.81. The first-order chi connectivity index (χ1) is 11.3. The largest absolute Gasteiger partial charge is 0.474 e. The lowest BCUT2D eigenvalue weighted by molar-refractivity contribution is 0.406. The average molecular weight is 310 g/mol. The molecule has 0 aliphatic carbocycles. The van der Waals surface area contributed by atoms with E-state index >= 15 is 0 Å². The van der Waals surface area contributed by atoms with Gasteiger partial charge >= 0.3 is 0 Å². The van der Waals surface area contributed by atoms with Crippen LogP contribution in [0.5, 0.6) is 11.5 Å². The second-order valence-corrected chi connectivity index (χ2v) is 3.67. The van der Waals surface area contributed by atoms with Crippen molar-refractivity contribution in [3.05, 3.63) is 112 Å². The molecule has 0 N–H and O–H groups in total. The molecule has 0 amide bonds. The van der Waals surface area contributed by atoms with Crippen molar-refractivity contribution >= 4 is 0 Å². The van der Waals surface area contributed by atoms with Crippen molar-refractivity contribution in [3.8, 4) is 11.5 Å².